The molecule has 0 aliphatic carbocycles. The van der Waals surface area contributed by atoms with E-state index in [2.05, 4.69) is 40.2 Å². The van der Waals surface area contributed by atoms with Gasteiger partial charge in [-0.3, -0.25) is 0 Å². The number of unbranched alkanes of at least 4 members (excludes halogenated alkanes) is 2. The molecule has 0 amide bonds. The summed E-state index contributed by atoms with van der Waals surface area (Å²) in [5.74, 6) is 0. The van der Waals surface area contributed by atoms with Crippen LogP contribution in [0.25, 0.3) is 5.69 Å². The van der Waals surface area contributed by atoms with Gasteiger partial charge in [-0.1, -0.05) is 0 Å². The number of nitrogens with one attached hydrogen (secondary N) is 1. The molecule has 3 aromatic rings. The number of nitrogens with zero attached hydrogens (tertiary/aromatic N) is 3. The zero-order valence-electron chi connectivity index (χ0n) is 17.0. The Morgan fingerprint density at radius 1 is 1.22 bits per heavy atom. The second kappa shape index (κ2) is 7.74. The van der Waals surface area contributed by atoms with Crippen molar-refractivity contribution in [3.8, 4) is 5.69 Å². The topological polar surface area (TPSA) is 38.5 Å². The molecule has 0 aliphatic rings. The Morgan fingerprint density at radius 2 is 2.13 bits per heavy atom. The molecule has 124 valence electrons. The molecule has 5 heteroatoms. The number of para-hydroxylation sites is 1. The molecular formula is C18H22N4Pt. The van der Waals surface area contributed by atoms with Gasteiger partial charge in [0, 0.05) is 0 Å². The molecular weight excluding hydrogens is 467 g/mol. The van der Waals surface area contributed by atoms with Gasteiger partial charge in [-0.05, 0) is 0 Å². The average Bonchev–Trinajstić information content (AvgIpc) is 3.22. The zero-order chi connectivity index (χ0) is 19.6. The molecule has 3 rings (SSSR count). The summed E-state index contributed by atoms with van der Waals surface area (Å²) in [6.07, 6.45) is 8.03. The van der Waals surface area contributed by atoms with Crippen molar-refractivity contribution in [1.29, 1.82) is 0 Å². The molecule has 0 aliphatic heterocycles. The molecule has 0 spiro atoms. The van der Waals surface area contributed by atoms with Gasteiger partial charge in [-0.25, -0.2) is 0 Å². The first-order chi connectivity index (χ1) is 12.9. The summed E-state index contributed by atoms with van der Waals surface area (Å²) in [4.78, 5) is 0. The van der Waals surface area contributed by atoms with Gasteiger partial charge in [0.25, 0.3) is 0 Å². The normalized spacial score (nSPS) is 13.5. The molecule has 4 nitrogen and oxygen atoms in total. The summed E-state index contributed by atoms with van der Waals surface area (Å²) in [7, 11) is 0. The van der Waals surface area contributed by atoms with Gasteiger partial charge in [0.05, 0.1) is 0 Å². The van der Waals surface area contributed by atoms with Gasteiger partial charge in [-0.15, -0.1) is 0 Å². The molecule has 2 aromatic heterocycles. The molecule has 0 unspecified atom stereocenters. The summed E-state index contributed by atoms with van der Waals surface area (Å²) < 4.78 is 36.3. The van der Waals surface area contributed by atoms with Crippen LogP contribution in [0.5, 0.6) is 0 Å². The van der Waals surface area contributed by atoms with Crippen LogP contribution in [0, 0.1) is 10.7 Å². The van der Waals surface area contributed by atoms with Crippen LogP contribution >= 0.6 is 0 Å². The van der Waals surface area contributed by atoms with Crippen LogP contribution in [0.2, 0.25) is 0 Å². The number of H-pyrrole nitrogens is 1. The van der Waals surface area contributed by atoms with Gasteiger partial charge in [-0.2, -0.15) is 0 Å². The monoisotopic (exact) mass is 493 g/mol. The van der Waals surface area contributed by atoms with E-state index in [-0.39, 0.29) is 24.2 Å². The maximum absolute atomic E-state index is 8.12. The zero-order valence-corrected chi connectivity index (χ0v) is 15.3. The van der Waals surface area contributed by atoms with E-state index in [1.165, 1.54) is 6.07 Å². The minimum absolute atomic E-state index is 0.0219. The SMILES string of the molecule is [2H]c1cc(-n2ccn(CCCCCc3cc(C)[nH]n3)[c]2=[Pt])c([2H])c([2H])c1[2H]. The summed E-state index contributed by atoms with van der Waals surface area (Å²) in [5, 5.41) is 7.22. The molecule has 0 bridgehead atoms. The van der Waals surface area contributed by atoms with Crippen molar-refractivity contribution >= 4 is 0 Å². The Balaban J connectivity index is 1.63. The summed E-state index contributed by atoms with van der Waals surface area (Å²) in [6.45, 7) is 2.88. The van der Waals surface area contributed by atoms with E-state index in [9.17, 15) is 0 Å². The van der Waals surface area contributed by atoms with Crippen molar-refractivity contribution in [3.63, 3.8) is 0 Å². The summed E-state index contributed by atoms with van der Waals surface area (Å²) in [5.41, 5.74) is 2.67. The van der Waals surface area contributed by atoms with E-state index in [0.29, 0.717) is 5.69 Å². The molecule has 23 heavy (non-hydrogen) atoms. The number of hydrogen-bond donors (Lipinski definition) is 1. The number of benzene rings is 1. The van der Waals surface area contributed by atoms with Crippen LogP contribution in [-0.2, 0) is 32.3 Å². The van der Waals surface area contributed by atoms with Crippen LogP contribution in [0.15, 0.2) is 48.7 Å². The van der Waals surface area contributed by atoms with E-state index in [0.717, 1.165) is 47.4 Å². The molecule has 0 atom stereocenters. The Kier molecular flexibility index (Phi) is 3.97. The van der Waals surface area contributed by atoms with Crippen molar-refractivity contribution in [2.24, 2.45) is 0 Å². The first-order valence-electron chi connectivity index (χ1n) is 9.70. The minimum atomic E-state index is -0.206. The van der Waals surface area contributed by atoms with E-state index >= 15 is 0 Å². The number of imidazole rings is 1. The standard InChI is InChI=1S/C18H22N4.Pt/c1-16-14-17(20-19-16)8-4-3-7-11-21-12-13-22(15-21)18-9-5-2-6-10-18;/h2,5-6,9-10,12-14H,3-4,7-8,11H2,1H3,(H,19,20);/i2D,5D,6D,9D;. The summed E-state index contributed by atoms with van der Waals surface area (Å²) >= 11 is 2.20. The van der Waals surface area contributed by atoms with Crippen molar-refractivity contribution in [3.05, 3.63) is 63.9 Å². The van der Waals surface area contributed by atoms with Gasteiger partial charge in [0.15, 0.2) is 0 Å². The van der Waals surface area contributed by atoms with Crippen molar-refractivity contribution < 1.29 is 24.8 Å². The van der Waals surface area contributed by atoms with E-state index in [1.807, 2.05) is 23.9 Å². The second-order valence-corrected chi connectivity index (χ2v) is 6.52. The molecule has 1 N–H and O–H groups in total. The number of rotatable bonds is 7. The Hall–Kier alpha value is -1.67. The van der Waals surface area contributed by atoms with Crippen LogP contribution in [0.3, 0.4) is 0 Å². The predicted molar refractivity (Wildman–Crippen MR) is 87.9 cm³/mol. The summed E-state index contributed by atoms with van der Waals surface area (Å²) in [6, 6.07) is 3.11. The number of aromatic nitrogens is 4. The molecule has 0 saturated heterocycles. The van der Waals surface area contributed by atoms with E-state index in [4.69, 9.17) is 5.48 Å². The van der Waals surface area contributed by atoms with Gasteiger partial charge < -0.3 is 0 Å². The molecule has 1 aromatic carbocycles. The first kappa shape index (κ1) is 11.8. The second-order valence-electron chi connectivity index (χ2n) is 5.50. The number of aromatic amines is 1. The van der Waals surface area contributed by atoms with Crippen LogP contribution in [0.4, 0.5) is 0 Å². The fraction of sp³-hybridized carbons (Fsp3) is 0.333. The molecule has 0 fully saturated rings. The fourth-order valence-electron chi connectivity index (χ4n) is 2.50. The quantitative estimate of drug-likeness (QED) is 0.500. The van der Waals surface area contributed by atoms with Crippen molar-refractivity contribution in [2.45, 2.75) is 39.2 Å². The third kappa shape index (κ3) is 4.20. The van der Waals surface area contributed by atoms with Crippen molar-refractivity contribution in [2.75, 3.05) is 0 Å². The van der Waals surface area contributed by atoms with Gasteiger partial charge in [0.2, 0.25) is 0 Å². The van der Waals surface area contributed by atoms with Gasteiger partial charge >= 0.3 is 153 Å². The Morgan fingerprint density at radius 3 is 2.96 bits per heavy atom. The van der Waals surface area contributed by atoms with Crippen LogP contribution in [0.1, 0.15) is 36.1 Å². The maximum atomic E-state index is 8.12. The van der Waals surface area contributed by atoms with Crippen LogP contribution < -0.4 is 0 Å². The Labute approximate surface area is 153 Å². The van der Waals surface area contributed by atoms with E-state index in [1.54, 1.807) is 0 Å². The van der Waals surface area contributed by atoms with Crippen molar-refractivity contribution in [1.82, 2.24) is 19.3 Å². The third-order valence-electron chi connectivity index (χ3n) is 3.68. The average molecular weight is 494 g/mol. The fourth-order valence-corrected chi connectivity index (χ4v) is 3.37. The third-order valence-corrected chi connectivity index (χ3v) is 4.88. The van der Waals surface area contributed by atoms with Crippen LogP contribution in [-0.4, -0.2) is 19.3 Å². The van der Waals surface area contributed by atoms with E-state index < -0.39 is 0 Å². The number of hydrogen-bond acceptors (Lipinski definition) is 1. The number of aryl methyl sites for hydroxylation is 3. The molecule has 0 radical (unpaired) electrons. The molecule has 0 saturated carbocycles. The van der Waals surface area contributed by atoms with Gasteiger partial charge in [0.1, 0.15) is 0 Å². The Bertz CT molecular complexity index is 1010. The predicted octanol–water partition coefficient (Wildman–Crippen LogP) is 3.80. The molecule has 2 heterocycles. The first-order valence-corrected chi connectivity index (χ1v) is 8.84.